The Balaban J connectivity index is 1.61. The molecule has 0 saturated carbocycles. The SMILES string of the molecule is Cc1nc(NCc2ccncc2)cc(-c2cncc(-c3ccccc3)c2)n1. The van der Waals surface area contributed by atoms with Gasteiger partial charge in [0, 0.05) is 48.5 Å². The predicted molar refractivity (Wildman–Crippen MR) is 107 cm³/mol. The van der Waals surface area contributed by atoms with Crippen molar-refractivity contribution in [3.05, 3.63) is 90.8 Å². The lowest BCUT2D eigenvalue weighted by Crippen LogP contribution is -2.04. The summed E-state index contributed by atoms with van der Waals surface area (Å²) in [6, 6.07) is 18.2. The molecule has 0 amide bonds. The maximum atomic E-state index is 4.59. The number of anilines is 1. The van der Waals surface area contributed by atoms with Gasteiger partial charge in [0.2, 0.25) is 0 Å². The molecule has 0 unspecified atom stereocenters. The van der Waals surface area contributed by atoms with E-state index in [0.29, 0.717) is 6.54 Å². The number of aryl methyl sites for hydroxylation is 1. The molecule has 0 aliphatic heterocycles. The molecule has 0 radical (unpaired) electrons. The highest BCUT2D eigenvalue weighted by molar-refractivity contribution is 5.71. The van der Waals surface area contributed by atoms with Crippen LogP contribution < -0.4 is 5.32 Å². The maximum absolute atomic E-state index is 4.59. The number of pyridine rings is 2. The second kappa shape index (κ2) is 7.74. The molecule has 0 bridgehead atoms. The van der Waals surface area contributed by atoms with Crippen LogP contribution in [-0.2, 0) is 6.54 Å². The fourth-order valence-electron chi connectivity index (χ4n) is 2.87. The van der Waals surface area contributed by atoms with Crippen LogP contribution in [0.15, 0.2) is 79.4 Å². The average molecular weight is 353 g/mol. The van der Waals surface area contributed by atoms with E-state index in [9.17, 15) is 0 Å². The van der Waals surface area contributed by atoms with Crippen molar-refractivity contribution in [1.29, 1.82) is 0 Å². The zero-order valence-corrected chi connectivity index (χ0v) is 15.0. The first kappa shape index (κ1) is 16.8. The van der Waals surface area contributed by atoms with Crippen LogP contribution in [-0.4, -0.2) is 19.9 Å². The Morgan fingerprint density at radius 2 is 1.56 bits per heavy atom. The Labute approximate surface area is 158 Å². The average Bonchev–Trinajstić information content (AvgIpc) is 2.73. The van der Waals surface area contributed by atoms with E-state index in [1.54, 1.807) is 12.4 Å². The van der Waals surface area contributed by atoms with Crippen molar-refractivity contribution in [3.8, 4) is 22.4 Å². The van der Waals surface area contributed by atoms with Crippen molar-refractivity contribution in [1.82, 2.24) is 19.9 Å². The molecule has 1 aromatic carbocycles. The highest BCUT2D eigenvalue weighted by atomic mass is 15.0. The topological polar surface area (TPSA) is 63.6 Å². The summed E-state index contributed by atoms with van der Waals surface area (Å²) in [5, 5.41) is 3.36. The van der Waals surface area contributed by atoms with Crippen molar-refractivity contribution < 1.29 is 0 Å². The molecular formula is C22H19N5. The Kier molecular flexibility index (Phi) is 4.83. The van der Waals surface area contributed by atoms with Crippen LogP contribution in [0.25, 0.3) is 22.4 Å². The van der Waals surface area contributed by atoms with Gasteiger partial charge >= 0.3 is 0 Å². The molecule has 0 aliphatic rings. The molecule has 1 N–H and O–H groups in total. The van der Waals surface area contributed by atoms with Gasteiger partial charge in [0.25, 0.3) is 0 Å². The van der Waals surface area contributed by atoms with Gasteiger partial charge in [0.1, 0.15) is 11.6 Å². The first-order valence-corrected chi connectivity index (χ1v) is 8.77. The van der Waals surface area contributed by atoms with Crippen LogP contribution in [0, 0.1) is 6.92 Å². The number of nitrogens with zero attached hydrogens (tertiary/aromatic N) is 4. The summed E-state index contributed by atoms with van der Waals surface area (Å²) in [6.45, 7) is 2.58. The van der Waals surface area contributed by atoms with E-state index < -0.39 is 0 Å². The zero-order valence-electron chi connectivity index (χ0n) is 15.0. The van der Waals surface area contributed by atoms with Crippen LogP contribution in [0.5, 0.6) is 0 Å². The van der Waals surface area contributed by atoms with E-state index in [-0.39, 0.29) is 0 Å². The predicted octanol–water partition coefficient (Wildman–Crippen LogP) is 4.52. The molecule has 0 atom stereocenters. The Morgan fingerprint density at radius 3 is 2.37 bits per heavy atom. The van der Waals surface area contributed by atoms with Gasteiger partial charge in [-0.2, -0.15) is 0 Å². The number of rotatable bonds is 5. The van der Waals surface area contributed by atoms with Crippen molar-refractivity contribution in [2.24, 2.45) is 0 Å². The van der Waals surface area contributed by atoms with Gasteiger partial charge in [-0.1, -0.05) is 30.3 Å². The molecule has 0 spiro atoms. The Bertz CT molecular complexity index is 1030. The van der Waals surface area contributed by atoms with Gasteiger partial charge in [0.15, 0.2) is 0 Å². The summed E-state index contributed by atoms with van der Waals surface area (Å²) in [7, 11) is 0. The molecule has 4 rings (SSSR count). The van der Waals surface area contributed by atoms with E-state index in [1.165, 1.54) is 0 Å². The molecule has 3 aromatic heterocycles. The molecule has 5 heteroatoms. The minimum atomic E-state index is 0.681. The van der Waals surface area contributed by atoms with Crippen LogP contribution in [0.4, 0.5) is 5.82 Å². The Morgan fingerprint density at radius 1 is 0.778 bits per heavy atom. The number of aromatic nitrogens is 4. The molecule has 4 aromatic rings. The first-order chi connectivity index (χ1) is 13.3. The van der Waals surface area contributed by atoms with E-state index in [4.69, 9.17) is 0 Å². The van der Waals surface area contributed by atoms with Gasteiger partial charge in [-0.3, -0.25) is 9.97 Å². The minimum absolute atomic E-state index is 0.681. The number of hydrogen-bond donors (Lipinski definition) is 1. The quantitative estimate of drug-likeness (QED) is 0.571. The van der Waals surface area contributed by atoms with Crippen LogP contribution in [0.1, 0.15) is 11.4 Å². The lowest BCUT2D eigenvalue weighted by Gasteiger charge is -2.10. The second-order valence-corrected chi connectivity index (χ2v) is 6.22. The smallest absolute Gasteiger partial charge is 0.130 e. The van der Waals surface area contributed by atoms with E-state index >= 15 is 0 Å². The highest BCUT2D eigenvalue weighted by Gasteiger charge is 2.07. The molecule has 3 heterocycles. The van der Waals surface area contributed by atoms with E-state index in [1.807, 2.05) is 55.7 Å². The maximum Gasteiger partial charge on any atom is 0.130 e. The van der Waals surface area contributed by atoms with Crippen molar-refractivity contribution >= 4 is 5.82 Å². The summed E-state index contributed by atoms with van der Waals surface area (Å²) < 4.78 is 0. The van der Waals surface area contributed by atoms with Crippen molar-refractivity contribution in [2.45, 2.75) is 13.5 Å². The monoisotopic (exact) mass is 353 g/mol. The van der Waals surface area contributed by atoms with Gasteiger partial charge in [-0.15, -0.1) is 0 Å². The zero-order chi connectivity index (χ0) is 18.5. The van der Waals surface area contributed by atoms with Gasteiger partial charge in [-0.05, 0) is 36.2 Å². The van der Waals surface area contributed by atoms with Crippen LogP contribution in [0.2, 0.25) is 0 Å². The second-order valence-electron chi connectivity index (χ2n) is 6.22. The third kappa shape index (κ3) is 4.15. The number of nitrogens with one attached hydrogen (secondary N) is 1. The Hall–Kier alpha value is -3.60. The highest BCUT2D eigenvalue weighted by Crippen LogP contribution is 2.25. The number of hydrogen-bond acceptors (Lipinski definition) is 5. The summed E-state index contributed by atoms with van der Waals surface area (Å²) in [6.07, 6.45) is 7.28. The summed E-state index contributed by atoms with van der Waals surface area (Å²) in [5.41, 5.74) is 5.17. The summed E-state index contributed by atoms with van der Waals surface area (Å²) in [4.78, 5) is 17.5. The van der Waals surface area contributed by atoms with Crippen LogP contribution >= 0.6 is 0 Å². The molecule has 27 heavy (non-hydrogen) atoms. The largest absolute Gasteiger partial charge is 0.366 e. The lowest BCUT2D eigenvalue weighted by atomic mass is 10.0. The molecule has 0 saturated heterocycles. The third-order valence-corrected chi connectivity index (χ3v) is 4.20. The molecule has 0 fully saturated rings. The van der Waals surface area contributed by atoms with Crippen molar-refractivity contribution in [3.63, 3.8) is 0 Å². The van der Waals surface area contributed by atoms with Gasteiger partial charge in [-0.25, -0.2) is 9.97 Å². The van der Waals surface area contributed by atoms with Crippen molar-refractivity contribution in [2.75, 3.05) is 5.32 Å². The first-order valence-electron chi connectivity index (χ1n) is 8.77. The fraction of sp³-hybridized carbons (Fsp3) is 0.0909. The molecular weight excluding hydrogens is 334 g/mol. The van der Waals surface area contributed by atoms with E-state index in [2.05, 4.69) is 43.5 Å². The molecule has 132 valence electrons. The third-order valence-electron chi connectivity index (χ3n) is 4.20. The van der Waals surface area contributed by atoms with Gasteiger partial charge in [0.05, 0.1) is 5.69 Å². The lowest BCUT2D eigenvalue weighted by molar-refractivity contribution is 1.02. The summed E-state index contributed by atoms with van der Waals surface area (Å²) in [5.74, 6) is 1.51. The number of benzene rings is 1. The summed E-state index contributed by atoms with van der Waals surface area (Å²) >= 11 is 0. The minimum Gasteiger partial charge on any atom is -0.366 e. The normalized spacial score (nSPS) is 10.6. The fourth-order valence-corrected chi connectivity index (χ4v) is 2.87. The molecule has 0 aliphatic carbocycles. The standard InChI is InChI=1S/C22H19N5/c1-16-26-21(12-22(27-16)25-13-17-7-9-23-10-8-17)20-11-19(14-24-15-20)18-5-3-2-4-6-18/h2-12,14-15H,13H2,1H3,(H,25,26,27). The molecule has 5 nitrogen and oxygen atoms in total. The van der Waals surface area contributed by atoms with E-state index in [0.717, 1.165) is 39.6 Å². The van der Waals surface area contributed by atoms with Gasteiger partial charge < -0.3 is 5.32 Å². The van der Waals surface area contributed by atoms with Crippen LogP contribution in [0.3, 0.4) is 0 Å².